The van der Waals surface area contributed by atoms with E-state index >= 15 is 0 Å². The molecule has 2 aliphatic heterocycles. The van der Waals surface area contributed by atoms with Gasteiger partial charge in [0.1, 0.15) is 0 Å². The first-order chi connectivity index (χ1) is 7.94. The number of nitrogens with zero attached hydrogens (tertiary/aromatic N) is 1. The van der Waals surface area contributed by atoms with Gasteiger partial charge in [0.25, 0.3) is 0 Å². The molecule has 98 valence electrons. The molecule has 2 heterocycles. The maximum Gasteiger partial charge on any atom is 0.302 e. The number of hydrogen-bond acceptors (Lipinski definition) is 5. The third-order valence-electron chi connectivity index (χ3n) is 2.79. The molecule has 1 atom stereocenters. The van der Waals surface area contributed by atoms with Crippen LogP contribution in [0.1, 0.15) is 6.42 Å². The molecule has 0 spiro atoms. The smallest absolute Gasteiger partial charge is 0.302 e. The lowest BCUT2D eigenvalue weighted by Crippen LogP contribution is -2.34. The van der Waals surface area contributed by atoms with E-state index in [9.17, 15) is 17.1 Å². The minimum atomic E-state index is -4.52. The van der Waals surface area contributed by atoms with E-state index in [-0.39, 0.29) is 25.4 Å². The minimum absolute atomic E-state index is 0.0653. The molecule has 0 aromatic carbocycles. The van der Waals surface area contributed by atoms with Crippen molar-refractivity contribution in [1.29, 1.82) is 0 Å². The number of rotatable bonds is 4. The number of ether oxygens (including phenoxy) is 2. The summed E-state index contributed by atoms with van der Waals surface area (Å²) in [7, 11) is -4.52. The summed E-state index contributed by atoms with van der Waals surface area (Å²) in [4.78, 5) is 13.0. The van der Waals surface area contributed by atoms with E-state index in [1.54, 1.807) is 0 Å². The van der Waals surface area contributed by atoms with Crippen LogP contribution in [0.3, 0.4) is 0 Å². The number of carbonyl (C=O) groups excluding carboxylic acids is 1. The van der Waals surface area contributed by atoms with Crippen molar-refractivity contribution in [3.05, 3.63) is 0 Å². The predicted molar refractivity (Wildman–Crippen MR) is 55.3 cm³/mol. The van der Waals surface area contributed by atoms with Crippen molar-refractivity contribution in [2.24, 2.45) is 5.92 Å². The summed E-state index contributed by atoms with van der Waals surface area (Å²) in [5, 5.41) is 0. The van der Waals surface area contributed by atoms with Crippen LogP contribution in [-0.4, -0.2) is 57.6 Å². The Morgan fingerprint density at radius 3 is 2.59 bits per heavy atom. The SMILES string of the molecule is O=C1CC(CS(=O)(=O)F)CN1CC1OCCO1. The first-order valence-electron chi connectivity index (χ1n) is 5.37. The molecule has 17 heavy (non-hydrogen) atoms. The van der Waals surface area contributed by atoms with Crippen LogP contribution < -0.4 is 0 Å². The first-order valence-corrected chi connectivity index (χ1v) is 6.92. The van der Waals surface area contributed by atoms with Crippen molar-refractivity contribution in [3.8, 4) is 0 Å². The molecule has 6 nitrogen and oxygen atoms in total. The van der Waals surface area contributed by atoms with Gasteiger partial charge in [-0.05, 0) is 0 Å². The topological polar surface area (TPSA) is 72.9 Å². The second-order valence-electron chi connectivity index (χ2n) is 4.25. The molecule has 2 rings (SSSR count). The van der Waals surface area contributed by atoms with Gasteiger partial charge in [-0.15, -0.1) is 3.89 Å². The Balaban J connectivity index is 1.86. The Bertz CT molecular complexity index is 392. The summed E-state index contributed by atoms with van der Waals surface area (Å²) in [6, 6.07) is 0. The van der Waals surface area contributed by atoms with Crippen LogP contribution in [0, 0.1) is 5.92 Å². The largest absolute Gasteiger partial charge is 0.348 e. The number of halogens is 1. The Hall–Kier alpha value is -0.730. The number of amides is 1. The van der Waals surface area contributed by atoms with Crippen LogP contribution in [0.25, 0.3) is 0 Å². The van der Waals surface area contributed by atoms with Crippen LogP contribution in [0.4, 0.5) is 3.89 Å². The van der Waals surface area contributed by atoms with Crippen LogP contribution in [-0.2, 0) is 24.5 Å². The van der Waals surface area contributed by atoms with Crippen LogP contribution in [0.2, 0.25) is 0 Å². The second-order valence-corrected chi connectivity index (χ2v) is 5.66. The van der Waals surface area contributed by atoms with Crippen LogP contribution in [0.5, 0.6) is 0 Å². The molecule has 0 bridgehead atoms. The molecule has 2 saturated heterocycles. The normalized spacial score (nSPS) is 27.0. The average molecular weight is 267 g/mol. The number of likely N-dealkylation sites (tertiary alicyclic amines) is 1. The van der Waals surface area contributed by atoms with E-state index in [1.807, 2.05) is 0 Å². The lowest BCUT2D eigenvalue weighted by Gasteiger charge is -2.19. The van der Waals surface area contributed by atoms with Gasteiger partial charge in [-0.1, -0.05) is 0 Å². The highest BCUT2D eigenvalue weighted by Gasteiger charge is 2.34. The standard InChI is InChI=1S/C9H14FNO5S/c10-17(13,14)6-7-3-8(12)11(4-7)5-9-15-1-2-16-9/h7,9H,1-6H2. The predicted octanol–water partition coefficient (Wildman–Crippen LogP) is -0.493. The first kappa shape index (κ1) is 12.7. The van der Waals surface area contributed by atoms with Gasteiger partial charge >= 0.3 is 10.2 Å². The summed E-state index contributed by atoms with van der Waals surface area (Å²) < 4.78 is 43.9. The van der Waals surface area contributed by atoms with Gasteiger partial charge < -0.3 is 14.4 Å². The molecule has 0 aliphatic carbocycles. The highest BCUT2D eigenvalue weighted by atomic mass is 32.3. The molecular weight excluding hydrogens is 253 g/mol. The quantitative estimate of drug-likeness (QED) is 0.642. The van der Waals surface area contributed by atoms with Gasteiger partial charge in [-0.25, -0.2) is 0 Å². The second kappa shape index (κ2) is 4.87. The molecule has 0 saturated carbocycles. The maximum absolute atomic E-state index is 12.5. The lowest BCUT2D eigenvalue weighted by atomic mass is 10.1. The van der Waals surface area contributed by atoms with E-state index in [0.29, 0.717) is 13.2 Å². The maximum atomic E-state index is 12.5. The fourth-order valence-electron chi connectivity index (χ4n) is 2.12. The van der Waals surface area contributed by atoms with E-state index in [4.69, 9.17) is 9.47 Å². The highest BCUT2D eigenvalue weighted by molar-refractivity contribution is 7.86. The zero-order valence-electron chi connectivity index (χ0n) is 9.17. The monoisotopic (exact) mass is 267 g/mol. The van der Waals surface area contributed by atoms with Gasteiger partial charge in [-0.2, -0.15) is 8.42 Å². The third kappa shape index (κ3) is 3.62. The molecule has 1 amide bonds. The molecule has 8 heteroatoms. The molecule has 0 N–H and O–H groups in total. The number of carbonyl (C=O) groups is 1. The van der Waals surface area contributed by atoms with E-state index in [2.05, 4.69) is 0 Å². The summed E-state index contributed by atoms with van der Waals surface area (Å²) in [5.74, 6) is -1.25. The van der Waals surface area contributed by atoms with Gasteiger partial charge in [0, 0.05) is 18.9 Å². The fourth-order valence-corrected chi connectivity index (χ4v) is 2.90. The van der Waals surface area contributed by atoms with Crippen LogP contribution in [0.15, 0.2) is 0 Å². The molecule has 0 aromatic rings. The Morgan fingerprint density at radius 2 is 2.00 bits per heavy atom. The van der Waals surface area contributed by atoms with E-state index < -0.39 is 28.2 Å². The molecule has 0 aromatic heterocycles. The highest BCUT2D eigenvalue weighted by Crippen LogP contribution is 2.21. The number of hydrogen-bond donors (Lipinski definition) is 0. The van der Waals surface area contributed by atoms with Gasteiger partial charge in [0.05, 0.1) is 25.5 Å². The van der Waals surface area contributed by atoms with Crippen molar-refractivity contribution in [2.45, 2.75) is 12.7 Å². The Morgan fingerprint density at radius 1 is 1.35 bits per heavy atom. The Kier molecular flexibility index (Phi) is 3.64. The van der Waals surface area contributed by atoms with Gasteiger partial charge in [0.2, 0.25) is 5.91 Å². The summed E-state index contributed by atoms with van der Waals surface area (Å²) >= 11 is 0. The van der Waals surface area contributed by atoms with Gasteiger partial charge in [0.15, 0.2) is 6.29 Å². The molecule has 2 aliphatic rings. The lowest BCUT2D eigenvalue weighted by molar-refractivity contribution is -0.133. The Labute approximate surface area is 98.9 Å². The average Bonchev–Trinajstić information content (AvgIpc) is 2.75. The van der Waals surface area contributed by atoms with Crippen molar-refractivity contribution >= 4 is 16.1 Å². The summed E-state index contributed by atoms with van der Waals surface area (Å²) in [6.45, 7) is 1.51. The minimum Gasteiger partial charge on any atom is -0.348 e. The third-order valence-corrected chi connectivity index (χ3v) is 3.66. The van der Waals surface area contributed by atoms with Crippen molar-refractivity contribution < 1.29 is 26.6 Å². The summed E-state index contributed by atoms with van der Waals surface area (Å²) in [5.41, 5.74) is 0. The fraction of sp³-hybridized carbons (Fsp3) is 0.889. The summed E-state index contributed by atoms with van der Waals surface area (Å²) in [6.07, 6.45) is -0.379. The molecule has 0 radical (unpaired) electrons. The van der Waals surface area contributed by atoms with Crippen molar-refractivity contribution in [1.82, 2.24) is 4.90 Å². The molecule has 2 fully saturated rings. The van der Waals surface area contributed by atoms with Crippen LogP contribution >= 0.6 is 0 Å². The van der Waals surface area contributed by atoms with Crippen molar-refractivity contribution in [3.63, 3.8) is 0 Å². The molecular formula is C9H14FNO5S. The van der Waals surface area contributed by atoms with Gasteiger partial charge in [-0.3, -0.25) is 4.79 Å². The van der Waals surface area contributed by atoms with Crippen molar-refractivity contribution in [2.75, 3.05) is 32.1 Å². The molecule has 1 unspecified atom stereocenters. The zero-order valence-corrected chi connectivity index (χ0v) is 9.99. The van der Waals surface area contributed by atoms with E-state index in [1.165, 1.54) is 4.90 Å². The van der Waals surface area contributed by atoms with E-state index in [0.717, 1.165) is 0 Å². The zero-order chi connectivity index (χ0) is 12.5.